The number of halogens is 1. The number of carbonyl (C=O) groups is 2. The minimum Gasteiger partial charge on any atom is -0.461 e. The molecule has 0 bridgehead atoms. The van der Waals surface area contributed by atoms with Crippen molar-refractivity contribution in [2.45, 2.75) is 57.9 Å². The lowest BCUT2D eigenvalue weighted by molar-refractivity contribution is -0.145. The van der Waals surface area contributed by atoms with E-state index >= 15 is 0 Å². The van der Waals surface area contributed by atoms with E-state index in [0.29, 0.717) is 19.4 Å². The molecule has 1 saturated heterocycles. The van der Waals surface area contributed by atoms with Crippen LogP contribution < -0.4 is 0 Å². The van der Waals surface area contributed by atoms with Crippen LogP contribution in [0.5, 0.6) is 0 Å². The zero-order valence-corrected chi connectivity index (χ0v) is 20.2. The summed E-state index contributed by atoms with van der Waals surface area (Å²) in [7, 11) is 0. The fourth-order valence-corrected chi connectivity index (χ4v) is 5.94. The second-order valence-corrected chi connectivity index (χ2v) is 9.61. The molecule has 172 valence electrons. The van der Waals surface area contributed by atoms with Gasteiger partial charge in [0.15, 0.2) is 0 Å². The Morgan fingerprint density at radius 2 is 1.94 bits per heavy atom. The van der Waals surface area contributed by atoms with Gasteiger partial charge in [-0.25, -0.2) is 4.79 Å². The molecule has 2 aliphatic heterocycles. The number of ether oxygens (including phenoxy) is 2. The Hall–Kier alpha value is -2.80. The number of aromatic nitrogens is 1. The van der Waals surface area contributed by atoms with Gasteiger partial charge in [-0.2, -0.15) is 0 Å². The molecule has 2 aliphatic rings. The second-order valence-electron chi connectivity index (χ2n) is 8.86. The first kappa shape index (κ1) is 22.0. The highest BCUT2D eigenvalue weighted by Gasteiger charge is 2.39. The van der Waals surface area contributed by atoms with Crippen molar-refractivity contribution >= 4 is 38.9 Å². The number of carbonyl (C=O) groups excluding carboxylic acids is 2. The predicted octanol–water partition coefficient (Wildman–Crippen LogP) is 5.24. The molecular weight excluding hydrogens is 484 g/mol. The van der Waals surface area contributed by atoms with Crippen molar-refractivity contribution in [3.63, 3.8) is 0 Å². The molecular formula is C26H27BrN2O4. The Balaban J connectivity index is 1.40. The standard InChI is InChI=1S/C26H27BrN2O4/c1-17(30)33-21-13-20(29(15-21)26(31)32-16-18-7-3-2-4-8-18)14-23-22-11-5-9-19-10-6-12-28(24(19)22)25(23)27/h2-5,7-9,11,20-21H,6,10,12-16H2,1H3/t20-,21-/m0/s1. The number of likely N-dealkylation sites (tertiary alicyclic amines) is 1. The third-order valence-corrected chi connectivity index (χ3v) is 7.52. The van der Waals surface area contributed by atoms with Crippen LogP contribution in [0.25, 0.3) is 10.9 Å². The third-order valence-electron chi connectivity index (χ3n) is 6.62. The summed E-state index contributed by atoms with van der Waals surface area (Å²) >= 11 is 3.85. The maximum Gasteiger partial charge on any atom is 0.410 e. The summed E-state index contributed by atoms with van der Waals surface area (Å²) in [4.78, 5) is 26.4. The molecule has 1 amide bonds. The van der Waals surface area contributed by atoms with Gasteiger partial charge in [0.25, 0.3) is 0 Å². The number of rotatable bonds is 5. The third kappa shape index (κ3) is 4.38. The van der Waals surface area contributed by atoms with Gasteiger partial charge in [0, 0.05) is 31.3 Å². The summed E-state index contributed by atoms with van der Waals surface area (Å²) in [5.41, 5.74) is 4.80. The molecule has 0 spiro atoms. The van der Waals surface area contributed by atoms with E-state index in [1.54, 1.807) is 4.90 Å². The highest BCUT2D eigenvalue weighted by molar-refractivity contribution is 9.10. The second kappa shape index (κ2) is 9.21. The molecule has 2 atom stereocenters. The maximum atomic E-state index is 13.1. The summed E-state index contributed by atoms with van der Waals surface area (Å²) in [5.74, 6) is -0.327. The van der Waals surface area contributed by atoms with Crippen LogP contribution in [0, 0.1) is 0 Å². The number of benzene rings is 2. The average Bonchev–Trinajstić information content (AvgIpc) is 3.33. The van der Waals surface area contributed by atoms with Crippen LogP contribution >= 0.6 is 15.9 Å². The van der Waals surface area contributed by atoms with E-state index in [4.69, 9.17) is 9.47 Å². The SMILES string of the molecule is CC(=O)O[C@H]1C[C@@H](Cc2c(Br)n3c4c(cccc24)CCC3)N(C(=O)OCc2ccccc2)C1. The summed E-state index contributed by atoms with van der Waals surface area (Å²) in [5, 5.41) is 1.23. The fraction of sp³-hybridized carbons (Fsp3) is 0.385. The molecule has 2 aromatic carbocycles. The molecule has 6 nitrogen and oxygen atoms in total. The van der Waals surface area contributed by atoms with Gasteiger partial charge < -0.3 is 18.9 Å². The van der Waals surface area contributed by atoms with Gasteiger partial charge in [-0.15, -0.1) is 0 Å². The van der Waals surface area contributed by atoms with Gasteiger partial charge in [-0.1, -0.05) is 48.5 Å². The van der Waals surface area contributed by atoms with Crippen molar-refractivity contribution in [2.24, 2.45) is 0 Å². The molecule has 3 heterocycles. The topological polar surface area (TPSA) is 60.8 Å². The summed E-state index contributed by atoms with van der Waals surface area (Å²) < 4.78 is 14.6. The van der Waals surface area contributed by atoms with E-state index in [1.165, 1.54) is 29.0 Å². The molecule has 1 fully saturated rings. The predicted molar refractivity (Wildman–Crippen MR) is 129 cm³/mol. The molecule has 0 unspecified atom stereocenters. The van der Waals surface area contributed by atoms with Crippen molar-refractivity contribution in [1.29, 1.82) is 0 Å². The summed E-state index contributed by atoms with van der Waals surface area (Å²) in [6, 6.07) is 16.0. The van der Waals surface area contributed by atoms with E-state index in [1.807, 2.05) is 30.3 Å². The van der Waals surface area contributed by atoms with Gasteiger partial charge in [0.2, 0.25) is 0 Å². The van der Waals surface area contributed by atoms with E-state index in [-0.39, 0.29) is 30.8 Å². The normalized spacial score (nSPS) is 19.6. The summed E-state index contributed by atoms with van der Waals surface area (Å²) in [6.07, 6.45) is 2.78. The molecule has 1 aromatic heterocycles. The van der Waals surface area contributed by atoms with Crippen molar-refractivity contribution in [3.05, 3.63) is 69.8 Å². The number of esters is 1. The highest BCUT2D eigenvalue weighted by atomic mass is 79.9. The van der Waals surface area contributed by atoms with Crippen molar-refractivity contribution in [3.8, 4) is 0 Å². The van der Waals surface area contributed by atoms with Crippen LogP contribution in [0.1, 0.15) is 36.5 Å². The zero-order chi connectivity index (χ0) is 22.9. The zero-order valence-electron chi connectivity index (χ0n) is 18.6. The lowest BCUT2D eigenvalue weighted by Crippen LogP contribution is -2.37. The molecule has 0 N–H and O–H groups in total. The largest absolute Gasteiger partial charge is 0.461 e. The Bertz CT molecular complexity index is 1190. The number of aryl methyl sites for hydroxylation is 2. The monoisotopic (exact) mass is 510 g/mol. The smallest absolute Gasteiger partial charge is 0.410 e. The van der Waals surface area contributed by atoms with Crippen molar-refractivity contribution in [1.82, 2.24) is 9.47 Å². The Labute approximate surface area is 201 Å². The number of hydrogen-bond acceptors (Lipinski definition) is 4. The van der Waals surface area contributed by atoms with Crippen LogP contribution in [-0.2, 0) is 40.3 Å². The lowest BCUT2D eigenvalue weighted by atomic mass is 9.99. The van der Waals surface area contributed by atoms with Crippen molar-refractivity contribution in [2.75, 3.05) is 6.54 Å². The van der Waals surface area contributed by atoms with Crippen LogP contribution in [-0.4, -0.2) is 40.2 Å². The average molecular weight is 511 g/mol. The molecule has 0 saturated carbocycles. The van der Waals surface area contributed by atoms with Gasteiger partial charge in [0.05, 0.1) is 16.7 Å². The first-order valence-corrected chi connectivity index (χ1v) is 12.2. The lowest BCUT2D eigenvalue weighted by Gasteiger charge is -2.24. The van der Waals surface area contributed by atoms with Gasteiger partial charge in [-0.3, -0.25) is 4.79 Å². The first-order valence-electron chi connectivity index (χ1n) is 11.4. The quantitative estimate of drug-likeness (QED) is 0.440. The number of amides is 1. The minimum atomic E-state index is -0.372. The molecule has 0 aliphatic carbocycles. The van der Waals surface area contributed by atoms with Crippen LogP contribution in [0.15, 0.2) is 53.1 Å². The van der Waals surface area contributed by atoms with E-state index in [9.17, 15) is 9.59 Å². The highest BCUT2D eigenvalue weighted by Crippen LogP contribution is 2.38. The molecule has 5 rings (SSSR count). The first-order chi connectivity index (χ1) is 16.0. The Morgan fingerprint density at radius 3 is 2.73 bits per heavy atom. The maximum absolute atomic E-state index is 13.1. The van der Waals surface area contributed by atoms with Crippen LogP contribution in [0.4, 0.5) is 4.79 Å². The van der Waals surface area contributed by atoms with E-state index in [0.717, 1.165) is 29.6 Å². The van der Waals surface area contributed by atoms with Crippen LogP contribution in [0.2, 0.25) is 0 Å². The molecule has 0 radical (unpaired) electrons. The van der Waals surface area contributed by atoms with E-state index < -0.39 is 0 Å². The van der Waals surface area contributed by atoms with Gasteiger partial charge in [0.1, 0.15) is 12.7 Å². The van der Waals surface area contributed by atoms with Gasteiger partial charge >= 0.3 is 12.1 Å². The Kier molecular flexibility index (Phi) is 6.15. The number of hydrogen-bond donors (Lipinski definition) is 0. The molecule has 33 heavy (non-hydrogen) atoms. The van der Waals surface area contributed by atoms with E-state index in [2.05, 4.69) is 38.7 Å². The fourth-order valence-electron chi connectivity index (χ4n) is 5.21. The Morgan fingerprint density at radius 1 is 1.12 bits per heavy atom. The molecule has 7 heteroatoms. The van der Waals surface area contributed by atoms with Gasteiger partial charge in [-0.05, 0) is 51.9 Å². The molecule has 3 aromatic rings. The number of nitrogens with zero attached hydrogens (tertiary/aromatic N) is 2. The summed E-state index contributed by atoms with van der Waals surface area (Å²) in [6.45, 7) is 2.96. The van der Waals surface area contributed by atoms with Crippen LogP contribution in [0.3, 0.4) is 0 Å². The number of para-hydroxylation sites is 1. The van der Waals surface area contributed by atoms with Crippen molar-refractivity contribution < 1.29 is 19.1 Å². The minimum absolute atomic E-state index is 0.114.